The fraction of sp³-hybridized carbons (Fsp3) is 0.294. The Balaban J connectivity index is 0.000000320. The van der Waals surface area contributed by atoms with Crippen molar-refractivity contribution in [2.24, 2.45) is 0 Å². The van der Waals surface area contributed by atoms with Gasteiger partial charge in [-0.1, -0.05) is 108 Å². The quantitative estimate of drug-likeness (QED) is 0.167. The van der Waals surface area contributed by atoms with Gasteiger partial charge in [0.2, 0.25) is 0 Å². The highest BCUT2D eigenvalue weighted by Crippen LogP contribution is 2.42. The first-order chi connectivity index (χ1) is 18.4. The van der Waals surface area contributed by atoms with Gasteiger partial charge in [-0.05, 0) is 66.6 Å². The van der Waals surface area contributed by atoms with Crippen LogP contribution < -0.4 is 0 Å². The summed E-state index contributed by atoms with van der Waals surface area (Å²) in [7, 11) is -4.37. The summed E-state index contributed by atoms with van der Waals surface area (Å²) in [4.78, 5) is 4.15. The van der Waals surface area contributed by atoms with E-state index < -0.39 is 10.1 Å². The molecule has 0 aromatic heterocycles. The fourth-order valence-electron chi connectivity index (χ4n) is 4.32. The minimum atomic E-state index is -4.27. The topological polar surface area (TPSA) is 57.2 Å². The molecule has 0 unspecified atom stereocenters. The van der Waals surface area contributed by atoms with Gasteiger partial charge in [0, 0.05) is 11.1 Å². The molecule has 0 fully saturated rings. The van der Waals surface area contributed by atoms with Crippen molar-refractivity contribution in [2.45, 2.75) is 85.8 Å². The number of benzene rings is 4. The first-order valence-corrected chi connectivity index (χ1v) is 16.1. The summed E-state index contributed by atoms with van der Waals surface area (Å²) in [6.45, 7) is 15.8. The highest BCUT2D eigenvalue weighted by molar-refractivity contribution is 7.97. The van der Waals surface area contributed by atoms with Gasteiger partial charge in [0.1, 0.15) is 10.1 Å². The van der Waals surface area contributed by atoms with Gasteiger partial charge < -0.3 is 4.55 Å². The maximum atomic E-state index is 10.4. The predicted molar refractivity (Wildman–Crippen MR) is 163 cm³/mol. The van der Waals surface area contributed by atoms with E-state index in [0.29, 0.717) is 17.8 Å². The molecule has 0 heterocycles. The minimum Gasteiger partial charge on any atom is -0.744 e. The van der Waals surface area contributed by atoms with Crippen LogP contribution in [0.1, 0.15) is 81.5 Å². The molecule has 4 aromatic carbocycles. The summed E-state index contributed by atoms with van der Waals surface area (Å²) in [5.74, 6) is 1.53. The smallest absolute Gasteiger partial charge is 0.173 e. The van der Waals surface area contributed by atoms with E-state index in [1.54, 1.807) is 12.1 Å². The molecular weight excluding hydrogens is 521 g/mol. The fourth-order valence-corrected chi connectivity index (χ4v) is 7.45. The summed E-state index contributed by atoms with van der Waals surface area (Å²) < 4.78 is 31.2. The molecule has 206 valence electrons. The summed E-state index contributed by atoms with van der Waals surface area (Å²) in [6, 6.07) is 32.8. The van der Waals surface area contributed by atoms with Crippen molar-refractivity contribution in [3.63, 3.8) is 0 Å². The Kier molecular flexibility index (Phi) is 10.6. The summed E-state index contributed by atoms with van der Waals surface area (Å²) in [5, 5.41) is 0. The zero-order valence-corrected chi connectivity index (χ0v) is 25.6. The van der Waals surface area contributed by atoms with Crippen molar-refractivity contribution >= 4 is 21.0 Å². The molecule has 0 amide bonds. The zero-order valence-electron chi connectivity index (χ0n) is 24.0. The first-order valence-electron chi connectivity index (χ1n) is 13.4. The Bertz CT molecular complexity index is 1370. The van der Waals surface area contributed by atoms with Crippen LogP contribution in [0.4, 0.5) is 0 Å². The summed E-state index contributed by atoms with van der Waals surface area (Å²) >= 11 is 0. The largest absolute Gasteiger partial charge is 0.744 e. The van der Waals surface area contributed by atoms with E-state index in [0.717, 1.165) is 5.56 Å². The van der Waals surface area contributed by atoms with Crippen molar-refractivity contribution in [1.82, 2.24) is 0 Å². The van der Waals surface area contributed by atoms with Crippen LogP contribution in [-0.2, 0) is 21.0 Å². The van der Waals surface area contributed by atoms with E-state index >= 15 is 0 Å². The van der Waals surface area contributed by atoms with Crippen molar-refractivity contribution in [3.05, 3.63) is 119 Å². The SMILES string of the molecule is CC(C)c1cc(C(C)C)c([S+](c2ccccc2)c2ccccc2)c(C(C)C)c1.Cc1ccc(S(=O)(=O)[O-])cc1. The molecule has 39 heavy (non-hydrogen) atoms. The van der Waals surface area contributed by atoms with Crippen LogP contribution in [-0.4, -0.2) is 13.0 Å². The molecule has 0 spiro atoms. The number of hydrogen-bond donors (Lipinski definition) is 0. The Morgan fingerprint density at radius 3 is 1.36 bits per heavy atom. The maximum Gasteiger partial charge on any atom is 0.173 e. The van der Waals surface area contributed by atoms with Crippen LogP contribution in [0.25, 0.3) is 0 Å². The molecule has 0 aliphatic heterocycles. The number of rotatable bonds is 7. The number of hydrogen-bond acceptors (Lipinski definition) is 3. The number of aryl methyl sites for hydroxylation is 1. The lowest BCUT2D eigenvalue weighted by Gasteiger charge is -2.22. The molecular formula is C34H40O3S2. The third-order valence-electron chi connectivity index (χ3n) is 6.55. The predicted octanol–water partition coefficient (Wildman–Crippen LogP) is 9.05. The van der Waals surface area contributed by atoms with E-state index in [1.807, 2.05) is 6.92 Å². The second-order valence-electron chi connectivity index (χ2n) is 10.7. The Morgan fingerprint density at radius 2 is 1.03 bits per heavy atom. The van der Waals surface area contributed by atoms with Gasteiger partial charge in [0.25, 0.3) is 0 Å². The molecule has 0 N–H and O–H groups in total. The lowest BCUT2D eigenvalue weighted by atomic mass is 9.89. The normalized spacial score (nSPS) is 11.7. The zero-order chi connectivity index (χ0) is 28.7. The third-order valence-corrected chi connectivity index (χ3v) is 9.77. The molecule has 3 nitrogen and oxygen atoms in total. The lowest BCUT2D eigenvalue weighted by Crippen LogP contribution is -2.14. The molecule has 0 saturated heterocycles. The van der Waals surface area contributed by atoms with Crippen molar-refractivity contribution < 1.29 is 13.0 Å². The highest BCUT2D eigenvalue weighted by atomic mass is 32.2. The molecule has 0 radical (unpaired) electrons. The summed E-state index contributed by atoms with van der Waals surface area (Å²) in [5.41, 5.74) is 5.40. The standard InChI is InChI=1S/C27H33S.C7H8O3S/c1-19(2)22-17-25(20(3)4)27(26(18-22)21(5)6)28(23-13-9-7-10-14-23)24-15-11-8-12-16-24;1-6-2-4-7(5-3-6)11(8,9)10/h7-21H,1-6H3;2-5H,1H3,(H,8,9,10)/q+1;/p-1. The first kappa shape index (κ1) is 30.7. The third kappa shape index (κ3) is 8.07. The molecule has 0 atom stereocenters. The van der Waals surface area contributed by atoms with Gasteiger partial charge in [-0.3, -0.25) is 0 Å². The van der Waals surface area contributed by atoms with Gasteiger partial charge in [0.05, 0.1) is 15.8 Å². The molecule has 0 aliphatic carbocycles. The van der Waals surface area contributed by atoms with Gasteiger partial charge in [-0.15, -0.1) is 0 Å². The van der Waals surface area contributed by atoms with Crippen LogP contribution in [0.5, 0.6) is 0 Å². The average Bonchev–Trinajstić information content (AvgIpc) is 2.90. The Labute approximate surface area is 238 Å². The van der Waals surface area contributed by atoms with E-state index in [1.165, 1.54) is 43.5 Å². The van der Waals surface area contributed by atoms with Gasteiger partial charge in [-0.25, -0.2) is 8.42 Å². The van der Waals surface area contributed by atoms with Gasteiger partial charge in [-0.2, -0.15) is 0 Å². The van der Waals surface area contributed by atoms with Crippen LogP contribution in [0.15, 0.2) is 117 Å². The minimum absolute atomic E-state index is 0.100. The van der Waals surface area contributed by atoms with Crippen molar-refractivity contribution in [2.75, 3.05) is 0 Å². The molecule has 0 bridgehead atoms. The monoisotopic (exact) mass is 560 g/mol. The van der Waals surface area contributed by atoms with E-state index in [-0.39, 0.29) is 15.8 Å². The lowest BCUT2D eigenvalue weighted by molar-refractivity contribution is 0.463. The molecule has 4 rings (SSSR count). The van der Waals surface area contributed by atoms with E-state index in [2.05, 4.69) is 114 Å². The van der Waals surface area contributed by atoms with Gasteiger partial charge >= 0.3 is 0 Å². The second-order valence-corrected chi connectivity index (χ2v) is 14.0. The Morgan fingerprint density at radius 1 is 0.615 bits per heavy atom. The molecule has 0 saturated carbocycles. The van der Waals surface area contributed by atoms with E-state index in [4.69, 9.17) is 0 Å². The molecule has 5 heteroatoms. The highest BCUT2D eigenvalue weighted by Gasteiger charge is 2.35. The average molecular weight is 561 g/mol. The maximum absolute atomic E-state index is 10.4. The van der Waals surface area contributed by atoms with Crippen LogP contribution in [0.3, 0.4) is 0 Å². The second kappa shape index (κ2) is 13.5. The van der Waals surface area contributed by atoms with Crippen LogP contribution in [0, 0.1) is 6.92 Å². The van der Waals surface area contributed by atoms with Crippen LogP contribution >= 0.6 is 0 Å². The molecule has 0 aliphatic rings. The molecule has 4 aromatic rings. The van der Waals surface area contributed by atoms with Crippen molar-refractivity contribution in [1.29, 1.82) is 0 Å². The van der Waals surface area contributed by atoms with Gasteiger partial charge in [0.15, 0.2) is 14.7 Å². The Hall–Kier alpha value is -2.86. The van der Waals surface area contributed by atoms with E-state index in [9.17, 15) is 13.0 Å². The van der Waals surface area contributed by atoms with Crippen molar-refractivity contribution in [3.8, 4) is 0 Å². The van der Waals surface area contributed by atoms with Crippen LogP contribution in [0.2, 0.25) is 0 Å². The summed E-state index contributed by atoms with van der Waals surface area (Å²) in [6.07, 6.45) is 0.